The van der Waals surface area contributed by atoms with Crippen LogP contribution in [0.2, 0.25) is 0 Å². The third kappa shape index (κ3) is 5.17. The quantitative estimate of drug-likeness (QED) is 0.760. The number of benzene rings is 1. The van der Waals surface area contributed by atoms with Crippen molar-refractivity contribution in [3.05, 3.63) is 17.7 Å². The molecule has 0 bridgehead atoms. The number of hydrogen-bond donors (Lipinski definition) is 2. The zero-order valence-electron chi connectivity index (χ0n) is 16.6. The Labute approximate surface area is 164 Å². The molecule has 1 heterocycles. The zero-order chi connectivity index (χ0) is 19.4. The molecule has 1 aliphatic carbocycles. The van der Waals surface area contributed by atoms with Gasteiger partial charge in [-0.3, -0.25) is 0 Å². The molecule has 1 aromatic carbocycles. The van der Waals surface area contributed by atoms with Gasteiger partial charge in [-0.25, -0.2) is 8.42 Å². The standard InChI is InChI=1S/C21H35N3O2S/c1-27(25,26)19-10-9-18(22)21(23)20(19)17-11-13-24(14-12-17)15-16-7-5-3-2-4-6-8-16/h9-10,16-17H,2-8,11-15,22-23H2,1H3. The second kappa shape index (κ2) is 8.82. The van der Waals surface area contributed by atoms with Gasteiger partial charge in [0.15, 0.2) is 9.84 Å². The van der Waals surface area contributed by atoms with Crippen LogP contribution < -0.4 is 11.5 Å². The summed E-state index contributed by atoms with van der Waals surface area (Å²) < 4.78 is 24.5. The summed E-state index contributed by atoms with van der Waals surface area (Å²) in [4.78, 5) is 2.93. The lowest BCUT2D eigenvalue weighted by atomic mass is 9.86. The van der Waals surface area contributed by atoms with Crippen LogP contribution in [0, 0.1) is 5.92 Å². The summed E-state index contributed by atoms with van der Waals surface area (Å²) in [6.07, 6.45) is 12.8. The van der Waals surface area contributed by atoms with E-state index < -0.39 is 9.84 Å². The van der Waals surface area contributed by atoms with E-state index in [0.29, 0.717) is 16.3 Å². The van der Waals surface area contributed by atoms with Crippen LogP contribution in [0.5, 0.6) is 0 Å². The topological polar surface area (TPSA) is 89.4 Å². The lowest BCUT2D eigenvalue weighted by Crippen LogP contribution is -2.37. The molecule has 2 aliphatic rings. The number of nitrogens with two attached hydrogens (primary N) is 2. The molecular formula is C21H35N3O2S. The van der Waals surface area contributed by atoms with Gasteiger partial charge in [0.05, 0.1) is 16.3 Å². The van der Waals surface area contributed by atoms with Gasteiger partial charge in [-0.1, -0.05) is 32.1 Å². The van der Waals surface area contributed by atoms with Crippen LogP contribution in [-0.4, -0.2) is 39.2 Å². The lowest BCUT2D eigenvalue weighted by molar-refractivity contribution is 0.168. The fourth-order valence-corrected chi connectivity index (χ4v) is 5.86. The first-order chi connectivity index (χ1) is 12.9. The first-order valence-electron chi connectivity index (χ1n) is 10.5. The van der Waals surface area contributed by atoms with Crippen molar-refractivity contribution in [1.82, 2.24) is 4.90 Å². The van der Waals surface area contributed by atoms with Crippen molar-refractivity contribution < 1.29 is 8.42 Å². The Hall–Kier alpha value is -1.27. The predicted octanol–water partition coefficient (Wildman–Crippen LogP) is 3.79. The van der Waals surface area contributed by atoms with Crippen molar-refractivity contribution in [1.29, 1.82) is 0 Å². The first-order valence-corrected chi connectivity index (χ1v) is 12.4. The van der Waals surface area contributed by atoms with Crippen molar-refractivity contribution in [2.75, 3.05) is 37.4 Å². The van der Waals surface area contributed by atoms with Crippen LogP contribution in [0.25, 0.3) is 0 Å². The van der Waals surface area contributed by atoms with Crippen LogP contribution in [0.3, 0.4) is 0 Å². The van der Waals surface area contributed by atoms with E-state index in [1.54, 1.807) is 12.1 Å². The van der Waals surface area contributed by atoms with E-state index in [2.05, 4.69) is 4.90 Å². The molecule has 4 N–H and O–H groups in total. The average Bonchev–Trinajstić information content (AvgIpc) is 2.59. The number of rotatable bonds is 4. The van der Waals surface area contributed by atoms with Crippen molar-refractivity contribution in [2.45, 2.75) is 68.6 Å². The third-order valence-corrected chi connectivity index (χ3v) is 7.57. The second-order valence-corrected chi connectivity index (χ2v) is 10.5. The molecule has 6 heteroatoms. The van der Waals surface area contributed by atoms with E-state index in [1.807, 2.05) is 0 Å². The fourth-order valence-electron chi connectivity index (χ4n) is 4.87. The van der Waals surface area contributed by atoms with Crippen LogP contribution in [-0.2, 0) is 9.84 Å². The van der Waals surface area contributed by atoms with Gasteiger partial charge in [0, 0.05) is 12.8 Å². The summed E-state index contributed by atoms with van der Waals surface area (Å²) in [7, 11) is -3.31. The molecular weight excluding hydrogens is 358 g/mol. The SMILES string of the molecule is CS(=O)(=O)c1ccc(N)c(N)c1C1CCN(CC2CCCCCCC2)CC1. The Kier molecular flexibility index (Phi) is 6.69. The zero-order valence-corrected chi connectivity index (χ0v) is 17.4. The predicted molar refractivity (Wildman–Crippen MR) is 113 cm³/mol. The lowest BCUT2D eigenvalue weighted by Gasteiger charge is -2.36. The Bertz CT molecular complexity index is 732. The maximum Gasteiger partial charge on any atom is 0.175 e. The molecule has 27 heavy (non-hydrogen) atoms. The fraction of sp³-hybridized carbons (Fsp3) is 0.714. The minimum Gasteiger partial charge on any atom is -0.397 e. The molecule has 3 rings (SSSR count). The van der Waals surface area contributed by atoms with E-state index in [9.17, 15) is 8.42 Å². The van der Waals surface area contributed by atoms with E-state index in [4.69, 9.17) is 11.5 Å². The molecule has 0 aromatic heterocycles. The molecule has 0 spiro atoms. The van der Waals surface area contributed by atoms with Crippen LogP contribution >= 0.6 is 0 Å². The molecule has 2 fully saturated rings. The van der Waals surface area contributed by atoms with Crippen LogP contribution in [0.15, 0.2) is 17.0 Å². The van der Waals surface area contributed by atoms with Gasteiger partial charge in [0.25, 0.3) is 0 Å². The summed E-state index contributed by atoms with van der Waals surface area (Å²) in [6.45, 7) is 3.22. The largest absolute Gasteiger partial charge is 0.397 e. The minimum atomic E-state index is -3.31. The Morgan fingerprint density at radius 1 is 0.963 bits per heavy atom. The Morgan fingerprint density at radius 2 is 1.56 bits per heavy atom. The van der Waals surface area contributed by atoms with Crippen molar-refractivity contribution in [2.24, 2.45) is 5.92 Å². The highest BCUT2D eigenvalue weighted by Crippen LogP contribution is 2.39. The summed E-state index contributed by atoms with van der Waals surface area (Å²) in [5, 5.41) is 0. The van der Waals surface area contributed by atoms with Crippen LogP contribution in [0.1, 0.15) is 69.3 Å². The van der Waals surface area contributed by atoms with Crippen molar-refractivity contribution >= 4 is 21.2 Å². The molecule has 0 radical (unpaired) electrons. The van der Waals surface area contributed by atoms with Gasteiger partial charge >= 0.3 is 0 Å². The number of sulfone groups is 1. The van der Waals surface area contributed by atoms with E-state index in [1.165, 1.54) is 57.7 Å². The number of likely N-dealkylation sites (tertiary alicyclic amines) is 1. The molecule has 0 atom stereocenters. The summed E-state index contributed by atoms with van der Waals surface area (Å²) in [5.41, 5.74) is 13.9. The van der Waals surface area contributed by atoms with Crippen LogP contribution in [0.4, 0.5) is 11.4 Å². The van der Waals surface area contributed by atoms with Gasteiger partial charge in [-0.05, 0) is 68.3 Å². The first kappa shape index (κ1) is 20.5. The van der Waals surface area contributed by atoms with E-state index in [-0.39, 0.29) is 5.92 Å². The monoisotopic (exact) mass is 393 g/mol. The van der Waals surface area contributed by atoms with E-state index >= 15 is 0 Å². The Balaban J connectivity index is 1.66. The number of nitrogen functional groups attached to an aromatic ring is 2. The van der Waals surface area contributed by atoms with Gasteiger partial charge in [0.1, 0.15) is 0 Å². The molecule has 1 aliphatic heterocycles. The third-order valence-electron chi connectivity index (χ3n) is 6.42. The molecule has 1 aromatic rings. The second-order valence-electron chi connectivity index (χ2n) is 8.54. The highest BCUT2D eigenvalue weighted by Gasteiger charge is 2.29. The normalized spacial score (nSPS) is 21.7. The Morgan fingerprint density at radius 3 is 2.15 bits per heavy atom. The van der Waals surface area contributed by atoms with Gasteiger partial charge in [-0.2, -0.15) is 0 Å². The summed E-state index contributed by atoms with van der Waals surface area (Å²) >= 11 is 0. The van der Waals surface area contributed by atoms with Gasteiger partial charge < -0.3 is 16.4 Å². The molecule has 5 nitrogen and oxygen atoms in total. The highest BCUT2D eigenvalue weighted by atomic mass is 32.2. The average molecular weight is 394 g/mol. The summed E-state index contributed by atoms with van der Waals surface area (Å²) in [6, 6.07) is 3.23. The highest BCUT2D eigenvalue weighted by molar-refractivity contribution is 7.90. The number of anilines is 2. The van der Waals surface area contributed by atoms with Crippen molar-refractivity contribution in [3.8, 4) is 0 Å². The van der Waals surface area contributed by atoms with Crippen molar-refractivity contribution in [3.63, 3.8) is 0 Å². The maximum atomic E-state index is 12.2. The smallest absolute Gasteiger partial charge is 0.175 e. The molecule has 0 unspecified atom stereocenters. The van der Waals surface area contributed by atoms with Gasteiger partial charge in [0.2, 0.25) is 0 Å². The molecule has 0 amide bonds. The number of hydrogen-bond acceptors (Lipinski definition) is 5. The van der Waals surface area contributed by atoms with E-state index in [0.717, 1.165) is 37.4 Å². The number of nitrogens with zero attached hydrogens (tertiary/aromatic N) is 1. The molecule has 1 saturated carbocycles. The molecule has 1 saturated heterocycles. The van der Waals surface area contributed by atoms with Gasteiger partial charge in [-0.15, -0.1) is 0 Å². The number of piperidine rings is 1. The maximum absolute atomic E-state index is 12.2. The minimum absolute atomic E-state index is 0.173. The summed E-state index contributed by atoms with van der Waals surface area (Å²) in [5.74, 6) is 0.998. The molecule has 152 valence electrons.